The minimum atomic E-state index is -0.446. The molecule has 9 rings (SSSR count). The van der Waals surface area contributed by atoms with Gasteiger partial charge in [0, 0.05) is 16.5 Å². The van der Waals surface area contributed by atoms with Gasteiger partial charge < -0.3 is 0 Å². The van der Waals surface area contributed by atoms with Gasteiger partial charge in [-0.1, -0.05) is 200 Å². The molecule has 264 valence electrons. The third-order valence-corrected chi connectivity index (χ3v) is 13.9. The molecule has 0 atom stereocenters. The van der Waals surface area contributed by atoms with Crippen LogP contribution in [0.4, 0.5) is 0 Å². The summed E-state index contributed by atoms with van der Waals surface area (Å²) >= 11 is 1.63. The first-order valence-corrected chi connectivity index (χ1v) is 21.1. The van der Waals surface area contributed by atoms with E-state index >= 15 is 0 Å². The molecule has 0 bridgehead atoms. The maximum Gasteiger partial charge on any atom is 2.00 e. The largest absolute Gasteiger partial charge is 2.00 e. The van der Waals surface area contributed by atoms with Crippen molar-refractivity contribution in [1.82, 2.24) is 0 Å². The number of hydrogen-bond acceptors (Lipinski definition) is 1. The Hall–Kier alpha value is -4.67. The average molecular weight is 837 g/mol. The Labute approximate surface area is 340 Å². The topological polar surface area (TPSA) is 0 Å². The molecule has 0 fully saturated rings. The number of hydrogen-bond donors (Lipinski definition) is 0. The maximum absolute atomic E-state index is 5.61. The molecule has 0 N–H and O–H groups in total. The molecule has 1 aromatic heterocycles. The summed E-state index contributed by atoms with van der Waals surface area (Å²) in [6, 6.07) is 84.9. The monoisotopic (exact) mass is 837 g/mol. The Bertz CT molecular complexity index is 1920. The van der Waals surface area contributed by atoms with Crippen LogP contribution in [0.25, 0.3) is 10.1 Å². The predicted octanol–water partition coefficient (Wildman–Crippen LogP) is 11.3. The van der Waals surface area contributed by atoms with E-state index in [-0.39, 0.29) is 19.5 Å². The first-order chi connectivity index (χ1) is 26.3. The van der Waals surface area contributed by atoms with E-state index in [1.807, 2.05) is 48.5 Å². The predicted molar refractivity (Wildman–Crippen MR) is 238 cm³/mol. The van der Waals surface area contributed by atoms with E-state index in [2.05, 4.69) is 194 Å². The maximum atomic E-state index is 5.61. The van der Waals surface area contributed by atoms with Crippen molar-refractivity contribution in [2.45, 2.75) is 0 Å². The second-order valence-electron chi connectivity index (χ2n) is 11.8. The molecule has 0 unspecified atom stereocenters. The molecule has 0 aliphatic rings. The van der Waals surface area contributed by atoms with E-state index in [0.717, 1.165) is 4.88 Å². The molecule has 2 radical (unpaired) electrons. The SMILES string of the molecule is [CH]c1cc2ccccc2s1.[Ru+2].c1cc[cH-]c1.c1ccc(P(c2ccccc2)c2ccccc2)cc1.c1ccc(P(c2ccccc2)c2ccccc2)cc1. The first-order valence-electron chi connectivity index (χ1n) is 17.6. The summed E-state index contributed by atoms with van der Waals surface area (Å²) in [5.41, 5.74) is 0. The molecule has 0 nitrogen and oxygen atoms in total. The van der Waals surface area contributed by atoms with Gasteiger partial charge in [0.15, 0.2) is 0 Å². The van der Waals surface area contributed by atoms with Crippen LogP contribution in [0, 0.1) is 6.92 Å². The van der Waals surface area contributed by atoms with Crippen LogP contribution in [0.5, 0.6) is 0 Å². The van der Waals surface area contributed by atoms with E-state index in [4.69, 9.17) is 6.92 Å². The third kappa shape index (κ3) is 12.2. The molecule has 0 spiro atoms. The Kier molecular flexibility index (Phi) is 16.9. The van der Waals surface area contributed by atoms with Gasteiger partial charge in [-0.3, -0.25) is 0 Å². The summed E-state index contributed by atoms with van der Waals surface area (Å²) < 4.78 is 1.26. The van der Waals surface area contributed by atoms with Crippen LogP contribution >= 0.6 is 27.2 Å². The number of rotatable bonds is 6. The van der Waals surface area contributed by atoms with Gasteiger partial charge in [-0.25, -0.2) is 12.1 Å². The van der Waals surface area contributed by atoms with Crippen LogP contribution in [-0.4, -0.2) is 0 Å². The van der Waals surface area contributed by atoms with E-state index in [1.165, 1.54) is 41.9 Å². The zero-order chi connectivity index (χ0) is 36.3. The minimum Gasteiger partial charge on any atom is -0.214 e. The van der Waals surface area contributed by atoms with Crippen LogP contribution in [0.3, 0.4) is 0 Å². The van der Waals surface area contributed by atoms with Gasteiger partial charge in [-0.15, -0.1) is 11.3 Å². The fourth-order valence-electron chi connectivity index (χ4n) is 5.68. The summed E-state index contributed by atoms with van der Waals surface area (Å²) in [5.74, 6) is 0. The van der Waals surface area contributed by atoms with Gasteiger partial charge in [0.1, 0.15) is 0 Å². The van der Waals surface area contributed by atoms with Crippen LogP contribution in [0.15, 0.2) is 243 Å². The van der Waals surface area contributed by atoms with Crippen LogP contribution in [-0.2, 0) is 19.5 Å². The zero-order valence-corrected chi connectivity index (χ0v) is 34.2. The van der Waals surface area contributed by atoms with Crippen LogP contribution in [0.1, 0.15) is 4.88 Å². The molecule has 4 heteroatoms. The molecule has 0 amide bonds. The van der Waals surface area contributed by atoms with Crippen molar-refractivity contribution in [3.8, 4) is 0 Å². The molecule has 1 heterocycles. The van der Waals surface area contributed by atoms with Gasteiger partial charge >= 0.3 is 19.5 Å². The Balaban J connectivity index is 0.000000150. The van der Waals surface area contributed by atoms with Crippen molar-refractivity contribution in [3.05, 3.63) is 254 Å². The molecular formula is C50H41P2RuS+. The molecule has 0 aliphatic carbocycles. The molecular weight excluding hydrogens is 796 g/mol. The van der Waals surface area contributed by atoms with Gasteiger partial charge in [0.05, 0.1) is 0 Å². The average Bonchev–Trinajstić information content (AvgIpc) is 3.95. The molecule has 8 aromatic carbocycles. The second-order valence-corrected chi connectivity index (χ2v) is 17.4. The zero-order valence-electron chi connectivity index (χ0n) is 29.8. The fraction of sp³-hybridized carbons (Fsp3) is 0. The summed E-state index contributed by atoms with van der Waals surface area (Å²) in [7, 11) is -0.892. The number of benzene rings is 7. The summed E-state index contributed by atoms with van der Waals surface area (Å²) in [6.07, 6.45) is 0. The Morgan fingerprint density at radius 3 is 0.889 bits per heavy atom. The van der Waals surface area contributed by atoms with Crippen molar-refractivity contribution < 1.29 is 19.5 Å². The van der Waals surface area contributed by atoms with Crippen LogP contribution in [0.2, 0.25) is 0 Å². The molecule has 0 aliphatic heterocycles. The van der Waals surface area contributed by atoms with Gasteiger partial charge in [-0.2, -0.15) is 18.2 Å². The van der Waals surface area contributed by atoms with Gasteiger partial charge in [-0.05, 0) is 65.2 Å². The van der Waals surface area contributed by atoms with Crippen LogP contribution < -0.4 is 31.8 Å². The van der Waals surface area contributed by atoms with E-state index < -0.39 is 15.8 Å². The Morgan fingerprint density at radius 2 is 0.630 bits per heavy atom. The van der Waals surface area contributed by atoms with E-state index in [9.17, 15) is 0 Å². The smallest absolute Gasteiger partial charge is 0.214 e. The number of fused-ring (bicyclic) bond motifs is 1. The fourth-order valence-corrected chi connectivity index (χ4v) is 11.1. The van der Waals surface area contributed by atoms with E-state index in [1.54, 1.807) is 11.3 Å². The van der Waals surface area contributed by atoms with Gasteiger partial charge in [0.2, 0.25) is 0 Å². The van der Waals surface area contributed by atoms with Crippen molar-refractivity contribution >= 4 is 69.1 Å². The standard InChI is InChI=1S/2C18H15P.C9H6S.C5H5.Ru/c2*1-4-10-16(11-5-1)19(17-12-6-2-7-13-17)18-14-8-3-9-15-18;1-7-6-8-4-2-3-5-9(8)10-7;1-2-4-5-3-1;/h2*1-15H;1-6H;1-5H;/q;;;-1;+2. The van der Waals surface area contributed by atoms with Crippen molar-refractivity contribution in [3.63, 3.8) is 0 Å². The van der Waals surface area contributed by atoms with Crippen molar-refractivity contribution in [2.24, 2.45) is 0 Å². The van der Waals surface area contributed by atoms with Gasteiger partial charge in [0.25, 0.3) is 0 Å². The second kappa shape index (κ2) is 22.5. The van der Waals surface area contributed by atoms with Crippen molar-refractivity contribution in [1.29, 1.82) is 0 Å². The summed E-state index contributed by atoms with van der Waals surface area (Å²) in [5, 5.41) is 9.63. The first kappa shape index (κ1) is 40.5. The molecule has 9 aromatic rings. The molecule has 0 saturated heterocycles. The number of thiophene rings is 1. The quantitative estimate of drug-likeness (QED) is 0.0889. The molecule has 54 heavy (non-hydrogen) atoms. The third-order valence-electron chi connectivity index (χ3n) is 8.09. The Morgan fingerprint density at radius 1 is 0.352 bits per heavy atom. The normalized spacial score (nSPS) is 10.1. The molecule has 0 saturated carbocycles. The van der Waals surface area contributed by atoms with E-state index in [0.29, 0.717) is 0 Å². The summed E-state index contributed by atoms with van der Waals surface area (Å²) in [4.78, 5) is 0.890. The summed E-state index contributed by atoms with van der Waals surface area (Å²) in [6.45, 7) is 5.61. The van der Waals surface area contributed by atoms with Crippen molar-refractivity contribution in [2.75, 3.05) is 0 Å². The minimum absolute atomic E-state index is 0.